The van der Waals surface area contributed by atoms with Gasteiger partial charge in [0.05, 0.1) is 10.6 Å². The summed E-state index contributed by atoms with van der Waals surface area (Å²) < 4.78 is 47.6. The summed E-state index contributed by atoms with van der Waals surface area (Å²) in [6, 6.07) is 14.2. The van der Waals surface area contributed by atoms with Gasteiger partial charge in [0.2, 0.25) is 10.0 Å². The van der Waals surface area contributed by atoms with E-state index in [2.05, 4.69) is 0 Å². The molecular weight excluding hydrogens is 455 g/mol. The molecule has 32 heavy (non-hydrogen) atoms. The minimum Gasteiger partial charge on any atom is -0.444 e. The molecule has 0 aliphatic carbocycles. The van der Waals surface area contributed by atoms with Crippen molar-refractivity contribution in [3.05, 3.63) is 71.0 Å². The lowest BCUT2D eigenvalue weighted by atomic mass is 10.0. The molecule has 3 aromatic carbocycles. The fraction of sp³-hybridized carbons (Fsp3) is 0.261. The van der Waals surface area contributed by atoms with Crippen LogP contribution < -0.4 is 4.90 Å². The lowest BCUT2D eigenvalue weighted by molar-refractivity contribution is 0.136. The number of rotatable bonds is 3. The molecule has 166 valence electrons. The number of anilines is 1. The van der Waals surface area contributed by atoms with Gasteiger partial charge in [-0.25, -0.2) is 17.6 Å². The fourth-order valence-electron chi connectivity index (χ4n) is 4.50. The number of hydrogen-bond acceptors (Lipinski definition) is 4. The molecule has 1 saturated heterocycles. The predicted molar refractivity (Wildman–Crippen MR) is 120 cm³/mol. The van der Waals surface area contributed by atoms with Crippen molar-refractivity contribution in [2.24, 2.45) is 0 Å². The zero-order chi connectivity index (χ0) is 22.5. The average molecular weight is 475 g/mol. The zero-order valence-electron chi connectivity index (χ0n) is 17.0. The van der Waals surface area contributed by atoms with Crippen LogP contribution in [0, 0.1) is 5.82 Å². The van der Waals surface area contributed by atoms with Crippen LogP contribution in [-0.4, -0.2) is 37.9 Å². The molecular formula is C23H20ClFN2O4S. The Morgan fingerprint density at radius 2 is 1.69 bits per heavy atom. The van der Waals surface area contributed by atoms with E-state index in [1.807, 2.05) is 6.07 Å². The maximum Gasteiger partial charge on any atom is 0.414 e. The highest BCUT2D eigenvalue weighted by Crippen LogP contribution is 2.36. The van der Waals surface area contributed by atoms with Gasteiger partial charge in [0.25, 0.3) is 0 Å². The summed E-state index contributed by atoms with van der Waals surface area (Å²) in [5.41, 5.74) is 1.46. The number of halogens is 2. The molecule has 2 heterocycles. The quantitative estimate of drug-likeness (QED) is 0.539. The molecule has 0 saturated carbocycles. The van der Waals surface area contributed by atoms with Gasteiger partial charge in [-0.15, -0.1) is 0 Å². The van der Waals surface area contributed by atoms with Crippen LogP contribution >= 0.6 is 11.6 Å². The van der Waals surface area contributed by atoms with E-state index in [0.29, 0.717) is 28.9 Å². The van der Waals surface area contributed by atoms with Crippen molar-refractivity contribution in [1.29, 1.82) is 0 Å². The SMILES string of the molecule is O=C1OCc2c(Cl)cccc2N1C1CCN(S(=O)(=O)c2ccc(F)c3ccccc23)CC1. The smallest absolute Gasteiger partial charge is 0.414 e. The van der Waals surface area contributed by atoms with Crippen LogP contribution in [0.1, 0.15) is 18.4 Å². The largest absolute Gasteiger partial charge is 0.444 e. The number of sulfonamides is 1. The maximum atomic E-state index is 14.2. The Morgan fingerprint density at radius 3 is 2.44 bits per heavy atom. The first-order chi connectivity index (χ1) is 15.4. The van der Waals surface area contributed by atoms with E-state index in [9.17, 15) is 17.6 Å². The fourth-order valence-corrected chi connectivity index (χ4v) is 6.39. The molecule has 3 aromatic rings. The minimum absolute atomic E-state index is 0.0856. The van der Waals surface area contributed by atoms with Gasteiger partial charge < -0.3 is 4.74 Å². The Kier molecular flexibility index (Phi) is 5.31. The maximum absolute atomic E-state index is 14.2. The number of amides is 1. The van der Waals surface area contributed by atoms with Crippen molar-refractivity contribution in [2.45, 2.75) is 30.4 Å². The Morgan fingerprint density at radius 1 is 0.969 bits per heavy atom. The number of ether oxygens (including phenoxy) is 1. The molecule has 0 spiro atoms. The van der Waals surface area contributed by atoms with E-state index in [4.69, 9.17) is 16.3 Å². The van der Waals surface area contributed by atoms with E-state index in [-0.39, 0.29) is 36.0 Å². The molecule has 0 N–H and O–H groups in total. The van der Waals surface area contributed by atoms with E-state index in [1.165, 1.54) is 16.4 Å². The number of piperidine rings is 1. The second-order valence-corrected chi connectivity index (χ2v) is 10.2. The second kappa shape index (κ2) is 8.03. The first kappa shape index (κ1) is 21.2. The molecule has 0 bridgehead atoms. The molecule has 5 rings (SSSR count). The summed E-state index contributed by atoms with van der Waals surface area (Å²) in [4.78, 5) is 14.2. The normalized spacial score (nSPS) is 17.9. The molecule has 0 unspecified atom stereocenters. The highest BCUT2D eigenvalue weighted by atomic mass is 35.5. The number of carbonyl (C=O) groups is 1. The molecule has 1 fully saturated rings. The number of cyclic esters (lactones) is 1. The van der Waals surface area contributed by atoms with Crippen molar-refractivity contribution >= 4 is 44.2 Å². The topological polar surface area (TPSA) is 66.9 Å². The number of hydrogen-bond donors (Lipinski definition) is 0. The Labute approximate surface area is 190 Å². The van der Waals surface area contributed by atoms with Crippen molar-refractivity contribution in [3.63, 3.8) is 0 Å². The first-order valence-corrected chi connectivity index (χ1v) is 12.1. The molecule has 0 radical (unpaired) electrons. The van der Waals surface area contributed by atoms with E-state index < -0.39 is 21.9 Å². The molecule has 6 nitrogen and oxygen atoms in total. The standard InChI is InChI=1S/C23H20ClFN2O4S/c24-19-6-3-7-21-18(19)14-31-23(28)27(21)15-10-12-26(13-11-15)32(29,30)22-9-8-20(25)16-4-1-2-5-17(16)22/h1-9,15H,10-14H2. The Bertz CT molecular complexity index is 1320. The number of fused-ring (bicyclic) bond motifs is 2. The van der Waals surface area contributed by atoms with E-state index >= 15 is 0 Å². The third kappa shape index (κ3) is 3.43. The molecule has 9 heteroatoms. The summed E-state index contributed by atoms with van der Waals surface area (Å²) in [7, 11) is -3.83. The number of benzene rings is 3. The van der Waals surface area contributed by atoms with Gasteiger partial charge in [0, 0.05) is 40.5 Å². The van der Waals surface area contributed by atoms with Gasteiger partial charge in [-0.05, 0) is 37.1 Å². The van der Waals surface area contributed by atoms with Crippen LogP contribution in [0.15, 0.2) is 59.5 Å². The van der Waals surface area contributed by atoms with Crippen molar-refractivity contribution in [2.75, 3.05) is 18.0 Å². The molecule has 0 atom stereocenters. The Hall–Kier alpha value is -2.68. The average Bonchev–Trinajstić information content (AvgIpc) is 2.79. The third-order valence-corrected chi connectivity index (χ3v) is 8.44. The summed E-state index contributed by atoms with van der Waals surface area (Å²) in [6.45, 7) is 0.589. The lowest BCUT2D eigenvalue weighted by Crippen LogP contribution is -2.50. The first-order valence-electron chi connectivity index (χ1n) is 10.3. The van der Waals surface area contributed by atoms with Gasteiger partial charge in [0.1, 0.15) is 12.4 Å². The van der Waals surface area contributed by atoms with Crippen LogP contribution in [0.5, 0.6) is 0 Å². The highest BCUT2D eigenvalue weighted by Gasteiger charge is 2.38. The monoisotopic (exact) mass is 474 g/mol. The van der Waals surface area contributed by atoms with Crippen LogP contribution in [0.4, 0.5) is 14.9 Å². The highest BCUT2D eigenvalue weighted by molar-refractivity contribution is 7.89. The predicted octanol–water partition coefficient (Wildman–Crippen LogP) is 4.94. The van der Waals surface area contributed by atoms with Gasteiger partial charge >= 0.3 is 6.09 Å². The number of nitrogens with zero attached hydrogens (tertiary/aromatic N) is 2. The number of carbonyl (C=O) groups excluding carboxylic acids is 1. The summed E-state index contributed by atoms with van der Waals surface area (Å²) in [6.07, 6.45) is 0.435. The molecule has 0 aromatic heterocycles. The van der Waals surface area contributed by atoms with Gasteiger partial charge in [0.15, 0.2) is 0 Å². The van der Waals surface area contributed by atoms with Crippen LogP contribution in [0.3, 0.4) is 0 Å². The molecule has 1 amide bonds. The molecule has 2 aliphatic heterocycles. The summed E-state index contributed by atoms with van der Waals surface area (Å²) >= 11 is 6.27. The van der Waals surface area contributed by atoms with Gasteiger partial charge in [-0.1, -0.05) is 41.9 Å². The van der Waals surface area contributed by atoms with Crippen LogP contribution in [0.25, 0.3) is 10.8 Å². The lowest BCUT2D eigenvalue weighted by Gasteiger charge is -2.40. The Balaban J connectivity index is 1.41. The second-order valence-electron chi connectivity index (χ2n) is 7.89. The summed E-state index contributed by atoms with van der Waals surface area (Å²) in [5.74, 6) is -0.459. The van der Waals surface area contributed by atoms with Crippen LogP contribution in [-0.2, 0) is 21.4 Å². The summed E-state index contributed by atoms with van der Waals surface area (Å²) in [5, 5.41) is 1.16. The van der Waals surface area contributed by atoms with Crippen molar-refractivity contribution < 1.29 is 22.3 Å². The van der Waals surface area contributed by atoms with Crippen molar-refractivity contribution in [3.8, 4) is 0 Å². The van der Waals surface area contributed by atoms with E-state index in [1.54, 1.807) is 41.3 Å². The minimum atomic E-state index is -3.83. The van der Waals surface area contributed by atoms with Gasteiger partial charge in [-0.2, -0.15) is 4.31 Å². The van der Waals surface area contributed by atoms with Gasteiger partial charge in [-0.3, -0.25) is 4.90 Å². The van der Waals surface area contributed by atoms with Crippen molar-refractivity contribution in [1.82, 2.24) is 4.31 Å². The third-order valence-electron chi connectivity index (χ3n) is 6.13. The van der Waals surface area contributed by atoms with E-state index in [0.717, 1.165) is 5.56 Å². The zero-order valence-corrected chi connectivity index (χ0v) is 18.6. The molecule has 2 aliphatic rings. The van der Waals surface area contributed by atoms with Crippen LogP contribution in [0.2, 0.25) is 5.02 Å².